The van der Waals surface area contributed by atoms with Gasteiger partial charge >= 0.3 is 0 Å². The summed E-state index contributed by atoms with van der Waals surface area (Å²) in [5.41, 5.74) is 0. The zero-order valence-electron chi connectivity index (χ0n) is 10.1. The summed E-state index contributed by atoms with van der Waals surface area (Å²) >= 11 is 5.12. The normalized spacial score (nSPS) is 12.6. The van der Waals surface area contributed by atoms with Crippen LogP contribution in [0.5, 0.6) is 0 Å². The maximum atomic E-state index is 10.2. The molecule has 2 aromatic rings. The molecule has 1 heterocycles. The number of imidazole rings is 1. The number of aromatic nitrogens is 2. The topological polar surface area (TPSA) is 38.0 Å². The van der Waals surface area contributed by atoms with Crippen LogP contribution in [0, 0.1) is 0 Å². The molecule has 0 amide bonds. The number of thioether (sulfide) groups is 1. The molecule has 0 fully saturated rings. The number of benzene rings is 1. The number of hydrogen-bond acceptors (Lipinski definition) is 3. The Morgan fingerprint density at radius 2 is 2.22 bits per heavy atom. The Kier molecular flexibility index (Phi) is 4.86. The Bertz CT molecular complexity index is 515. The molecule has 0 aliphatic carbocycles. The third-order valence-electron chi connectivity index (χ3n) is 2.62. The van der Waals surface area contributed by atoms with Gasteiger partial charge in [-0.05, 0) is 35.0 Å². The summed E-state index contributed by atoms with van der Waals surface area (Å²) in [4.78, 5) is 5.34. The van der Waals surface area contributed by atoms with Gasteiger partial charge in [-0.2, -0.15) is 0 Å². The molecule has 0 bridgehead atoms. The minimum absolute atomic E-state index is 0.544. The average Bonchev–Trinajstić information content (AvgIpc) is 2.86. The molecule has 0 spiro atoms. The average molecular weight is 327 g/mol. The Morgan fingerprint density at radius 1 is 1.44 bits per heavy atom. The van der Waals surface area contributed by atoms with Crippen LogP contribution < -0.4 is 0 Å². The quantitative estimate of drug-likeness (QED) is 0.855. The summed E-state index contributed by atoms with van der Waals surface area (Å²) in [7, 11) is 0. The van der Waals surface area contributed by atoms with Crippen molar-refractivity contribution in [2.24, 2.45) is 0 Å². The summed E-state index contributed by atoms with van der Waals surface area (Å²) in [6.07, 6.45) is 3.07. The molecule has 2 rings (SSSR count). The van der Waals surface area contributed by atoms with E-state index in [4.69, 9.17) is 0 Å². The molecule has 1 aromatic heterocycles. The highest BCUT2D eigenvalue weighted by molar-refractivity contribution is 9.10. The van der Waals surface area contributed by atoms with Gasteiger partial charge in [-0.25, -0.2) is 4.98 Å². The molecule has 0 saturated carbocycles. The predicted octanol–water partition coefficient (Wildman–Crippen LogP) is 3.49. The van der Waals surface area contributed by atoms with Crippen molar-refractivity contribution in [1.82, 2.24) is 9.55 Å². The van der Waals surface area contributed by atoms with E-state index in [9.17, 15) is 5.11 Å². The van der Waals surface area contributed by atoms with Crippen molar-refractivity contribution in [1.29, 1.82) is 0 Å². The molecule has 0 saturated heterocycles. The predicted molar refractivity (Wildman–Crippen MR) is 77.7 cm³/mol. The molecule has 1 N–H and O–H groups in total. The van der Waals surface area contributed by atoms with Gasteiger partial charge in [0.05, 0.1) is 0 Å². The fourth-order valence-corrected chi connectivity index (χ4v) is 3.19. The van der Waals surface area contributed by atoms with E-state index >= 15 is 0 Å². The maximum Gasteiger partial charge on any atom is 0.138 e. The van der Waals surface area contributed by atoms with Crippen molar-refractivity contribution < 1.29 is 5.11 Å². The molecule has 1 unspecified atom stereocenters. The van der Waals surface area contributed by atoms with Gasteiger partial charge in [0.15, 0.2) is 0 Å². The van der Waals surface area contributed by atoms with Gasteiger partial charge in [-0.1, -0.05) is 12.1 Å². The van der Waals surface area contributed by atoms with Crippen molar-refractivity contribution in [2.75, 3.05) is 5.75 Å². The highest BCUT2D eigenvalue weighted by Crippen LogP contribution is 2.29. The Balaban J connectivity index is 2.01. The van der Waals surface area contributed by atoms with E-state index in [2.05, 4.69) is 20.9 Å². The minimum atomic E-state index is -0.544. The van der Waals surface area contributed by atoms with E-state index in [-0.39, 0.29) is 0 Å². The maximum absolute atomic E-state index is 10.2. The van der Waals surface area contributed by atoms with Crippen LogP contribution in [0.15, 0.2) is 46.0 Å². The highest BCUT2D eigenvalue weighted by Gasteiger charge is 2.14. The number of nitrogens with zero attached hydrogens (tertiary/aromatic N) is 2. The summed E-state index contributed by atoms with van der Waals surface area (Å²) in [5, 5.41) is 10.2. The molecule has 0 aliphatic rings. The van der Waals surface area contributed by atoms with Gasteiger partial charge in [-0.15, -0.1) is 11.8 Å². The lowest BCUT2D eigenvalue weighted by atomic mass is 10.4. The first-order chi connectivity index (χ1) is 8.72. The van der Waals surface area contributed by atoms with E-state index in [1.165, 1.54) is 0 Å². The summed E-state index contributed by atoms with van der Waals surface area (Å²) in [6.45, 7) is 2.87. The first kappa shape index (κ1) is 13.6. The lowest BCUT2D eigenvalue weighted by Crippen LogP contribution is -2.09. The Morgan fingerprint density at radius 3 is 2.94 bits per heavy atom. The minimum Gasteiger partial charge on any atom is -0.384 e. The zero-order chi connectivity index (χ0) is 13.0. The smallest absolute Gasteiger partial charge is 0.138 e. The first-order valence-corrected chi connectivity index (χ1v) is 7.56. The largest absolute Gasteiger partial charge is 0.384 e. The second kappa shape index (κ2) is 6.41. The van der Waals surface area contributed by atoms with Crippen LogP contribution in [0.4, 0.5) is 0 Å². The van der Waals surface area contributed by atoms with Crippen molar-refractivity contribution in [3.8, 4) is 0 Å². The monoisotopic (exact) mass is 326 g/mol. The van der Waals surface area contributed by atoms with Gasteiger partial charge in [0, 0.05) is 34.1 Å². The SMILES string of the molecule is CCn1ccnc1C(O)CSc1ccccc1Br. The van der Waals surface area contributed by atoms with Gasteiger partial charge in [-0.3, -0.25) is 0 Å². The summed E-state index contributed by atoms with van der Waals surface area (Å²) < 4.78 is 3.02. The number of aryl methyl sites for hydroxylation is 1. The molecule has 1 atom stereocenters. The van der Waals surface area contributed by atoms with Crippen molar-refractivity contribution in [3.05, 3.63) is 47.0 Å². The molecule has 0 radical (unpaired) electrons. The van der Waals surface area contributed by atoms with Gasteiger partial charge in [0.1, 0.15) is 11.9 Å². The fourth-order valence-electron chi connectivity index (χ4n) is 1.69. The number of aliphatic hydroxyl groups excluding tert-OH is 1. The Labute approximate surface area is 119 Å². The third-order valence-corrected chi connectivity index (χ3v) is 4.72. The van der Waals surface area contributed by atoms with E-state index in [1.54, 1.807) is 18.0 Å². The van der Waals surface area contributed by atoms with Crippen LogP contribution >= 0.6 is 27.7 Å². The summed E-state index contributed by atoms with van der Waals surface area (Å²) in [5.74, 6) is 1.33. The first-order valence-electron chi connectivity index (χ1n) is 5.78. The lowest BCUT2D eigenvalue weighted by Gasteiger charge is -2.12. The molecule has 18 heavy (non-hydrogen) atoms. The molecule has 0 aliphatic heterocycles. The van der Waals surface area contributed by atoms with Gasteiger partial charge in [0.25, 0.3) is 0 Å². The van der Waals surface area contributed by atoms with Crippen molar-refractivity contribution in [2.45, 2.75) is 24.5 Å². The van der Waals surface area contributed by atoms with Crippen LogP contribution in [-0.4, -0.2) is 20.4 Å². The van der Waals surface area contributed by atoms with Gasteiger partial charge in [0.2, 0.25) is 0 Å². The number of rotatable bonds is 5. The second-order valence-electron chi connectivity index (χ2n) is 3.83. The number of halogens is 1. The Hall–Kier alpha value is -0.780. The van der Waals surface area contributed by atoms with Crippen LogP contribution in [0.25, 0.3) is 0 Å². The molecular weight excluding hydrogens is 312 g/mol. The molecule has 5 heteroatoms. The van der Waals surface area contributed by atoms with E-state index in [0.29, 0.717) is 5.75 Å². The highest BCUT2D eigenvalue weighted by atomic mass is 79.9. The van der Waals surface area contributed by atoms with E-state index < -0.39 is 6.10 Å². The molecule has 3 nitrogen and oxygen atoms in total. The van der Waals surface area contributed by atoms with Crippen molar-refractivity contribution >= 4 is 27.7 Å². The standard InChI is InChI=1S/C13H15BrN2OS/c1-2-16-8-7-15-13(16)11(17)9-18-12-6-4-3-5-10(12)14/h3-8,11,17H,2,9H2,1H3. The molecular formula is C13H15BrN2OS. The van der Waals surface area contributed by atoms with Gasteiger partial charge < -0.3 is 9.67 Å². The van der Waals surface area contributed by atoms with Crippen LogP contribution in [-0.2, 0) is 6.54 Å². The van der Waals surface area contributed by atoms with Crippen LogP contribution in [0.3, 0.4) is 0 Å². The lowest BCUT2D eigenvalue weighted by molar-refractivity contribution is 0.189. The second-order valence-corrected chi connectivity index (χ2v) is 5.74. The van der Waals surface area contributed by atoms with Crippen LogP contribution in [0.1, 0.15) is 18.9 Å². The zero-order valence-corrected chi connectivity index (χ0v) is 12.5. The van der Waals surface area contributed by atoms with E-state index in [0.717, 1.165) is 21.7 Å². The number of aliphatic hydroxyl groups is 1. The van der Waals surface area contributed by atoms with E-state index in [1.807, 2.05) is 42.0 Å². The van der Waals surface area contributed by atoms with Crippen molar-refractivity contribution in [3.63, 3.8) is 0 Å². The molecule has 96 valence electrons. The van der Waals surface area contributed by atoms with Crippen LogP contribution in [0.2, 0.25) is 0 Å². The third kappa shape index (κ3) is 3.16. The fraction of sp³-hybridized carbons (Fsp3) is 0.308. The molecule has 1 aromatic carbocycles. The summed E-state index contributed by atoms with van der Waals surface area (Å²) in [6, 6.07) is 8.01. The number of hydrogen-bond donors (Lipinski definition) is 1.